The number of rotatable bonds is 9. The second-order valence-electron chi connectivity index (χ2n) is 5.17. The summed E-state index contributed by atoms with van der Waals surface area (Å²) in [5.41, 5.74) is 1.54. The van der Waals surface area contributed by atoms with Crippen LogP contribution < -0.4 is 10.6 Å². The number of para-hydroxylation sites is 2. The minimum absolute atomic E-state index is 0.224. The first kappa shape index (κ1) is 17.0. The maximum absolute atomic E-state index is 12.0. The summed E-state index contributed by atoms with van der Waals surface area (Å²) >= 11 is 0. The predicted octanol–water partition coefficient (Wildman–Crippen LogP) is 3.20. The van der Waals surface area contributed by atoms with Crippen LogP contribution in [0.5, 0.6) is 0 Å². The number of carbonyl (C=O) groups is 1. The third-order valence-corrected chi connectivity index (χ3v) is 3.30. The van der Waals surface area contributed by atoms with Crippen LogP contribution in [0.3, 0.4) is 0 Å². The first-order valence-electron chi connectivity index (χ1n) is 8.03. The van der Waals surface area contributed by atoms with Crippen LogP contribution in [-0.4, -0.2) is 35.6 Å². The molecule has 2 amide bonds. The molecule has 1 heterocycles. The first-order valence-corrected chi connectivity index (χ1v) is 8.03. The SMILES string of the molecule is CCCCOCCCNC(=O)Nc1ccccc1-n1cccn1. The predicted molar refractivity (Wildman–Crippen MR) is 90.9 cm³/mol. The van der Waals surface area contributed by atoms with Crippen molar-refractivity contribution in [2.75, 3.05) is 25.1 Å². The lowest BCUT2D eigenvalue weighted by Gasteiger charge is -2.12. The maximum atomic E-state index is 12.0. The molecule has 0 radical (unpaired) electrons. The van der Waals surface area contributed by atoms with E-state index in [1.165, 1.54) is 0 Å². The molecule has 6 nitrogen and oxygen atoms in total. The van der Waals surface area contributed by atoms with Gasteiger partial charge in [0.05, 0.1) is 11.4 Å². The average molecular weight is 316 g/mol. The molecule has 0 bridgehead atoms. The number of urea groups is 1. The molecule has 124 valence electrons. The summed E-state index contributed by atoms with van der Waals surface area (Å²) in [5.74, 6) is 0. The van der Waals surface area contributed by atoms with Crippen LogP contribution in [0.15, 0.2) is 42.7 Å². The van der Waals surface area contributed by atoms with Gasteiger partial charge in [-0.25, -0.2) is 9.48 Å². The highest BCUT2D eigenvalue weighted by Gasteiger charge is 2.07. The molecule has 0 unspecified atom stereocenters. The van der Waals surface area contributed by atoms with Crippen LogP contribution in [0, 0.1) is 0 Å². The summed E-state index contributed by atoms with van der Waals surface area (Å²) in [5, 5.41) is 9.89. The lowest BCUT2D eigenvalue weighted by Crippen LogP contribution is -2.30. The van der Waals surface area contributed by atoms with Crippen molar-refractivity contribution in [2.45, 2.75) is 26.2 Å². The van der Waals surface area contributed by atoms with Gasteiger partial charge >= 0.3 is 6.03 Å². The van der Waals surface area contributed by atoms with Gasteiger partial charge in [0.25, 0.3) is 0 Å². The molecule has 0 aliphatic heterocycles. The van der Waals surface area contributed by atoms with Gasteiger partial charge in [-0.1, -0.05) is 25.5 Å². The number of aromatic nitrogens is 2. The standard InChI is InChI=1S/C17H24N4O2/c1-2-3-13-23-14-7-10-18-17(22)20-15-8-4-5-9-16(15)21-12-6-11-19-21/h4-6,8-9,11-12H,2-3,7,10,13-14H2,1H3,(H2,18,20,22). The third kappa shape index (κ3) is 5.75. The lowest BCUT2D eigenvalue weighted by atomic mass is 10.2. The Morgan fingerprint density at radius 3 is 2.83 bits per heavy atom. The highest BCUT2D eigenvalue weighted by atomic mass is 16.5. The fourth-order valence-corrected chi connectivity index (χ4v) is 2.08. The smallest absolute Gasteiger partial charge is 0.319 e. The van der Waals surface area contributed by atoms with Crippen molar-refractivity contribution in [3.63, 3.8) is 0 Å². The van der Waals surface area contributed by atoms with Gasteiger partial charge in [-0.3, -0.25) is 0 Å². The Labute approximate surface area is 136 Å². The van der Waals surface area contributed by atoms with E-state index in [9.17, 15) is 4.79 Å². The number of benzene rings is 1. The van der Waals surface area contributed by atoms with E-state index in [-0.39, 0.29) is 6.03 Å². The largest absolute Gasteiger partial charge is 0.381 e. The summed E-state index contributed by atoms with van der Waals surface area (Å²) < 4.78 is 7.18. The van der Waals surface area contributed by atoms with E-state index in [1.54, 1.807) is 10.9 Å². The van der Waals surface area contributed by atoms with Crippen molar-refractivity contribution in [3.8, 4) is 5.69 Å². The van der Waals surface area contributed by atoms with Gasteiger partial charge in [0.15, 0.2) is 0 Å². The minimum Gasteiger partial charge on any atom is -0.381 e. The van der Waals surface area contributed by atoms with Gasteiger partial charge in [-0.2, -0.15) is 5.10 Å². The Balaban J connectivity index is 1.76. The molecule has 1 aromatic carbocycles. The van der Waals surface area contributed by atoms with Crippen molar-refractivity contribution in [2.24, 2.45) is 0 Å². The van der Waals surface area contributed by atoms with E-state index in [0.29, 0.717) is 18.8 Å². The Kier molecular flexibility index (Phi) is 7.13. The van der Waals surface area contributed by atoms with Gasteiger partial charge < -0.3 is 15.4 Å². The molecule has 0 saturated heterocycles. The number of carbonyl (C=O) groups excluding carboxylic acids is 1. The van der Waals surface area contributed by atoms with Crippen LogP contribution in [0.25, 0.3) is 5.69 Å². The molecule has 0 aliphatic carbocycles. The number of nitrogens with one attached hydrogen (secondary N) is 2. The highest BCUT2D eigenvalue weighted by Crippen LogP contribution is 2.18. The first-order chi connectivity index (χ1) is 11.3. The number of unbranched alkanes of at least 4 members (excludes halogenated alkanes) is 1. The number of amides is 2. The minimum atomic E-state index is -0.224. The van der Waals surface area contributed by atoms with E-state index in [4.69, 9.17) is 4.74 Å². The van der Waals surface area contributed by atoms with E-state index < -0.39 is 0 Å². The second kappa shape index (κ2) is 9.63. The van der Waals surface area contributed by atoms with Crippen LogP contribution in [0.1, 0.15) is 26.2 Å². The number of ether oxygens (including phenoxy) is 1. The Hall–Kier alpha value is -2.34. The molecular formula is C17H24N4O2. The molecule has 0 saturated carbocycles. The lowest BCUT2D eigenvalue weighted by molar-refractivity contribution is 0.129. The van der Waals surface area contributed by atoms with Crippen molar-refractivity contribution in [3.05, 3.63) is 42.7 Å². The van der Waals surface area contributed by atoms with Crippen LogP contribution in [0.2, 0.25) is 0 Å². The summed E-state index contributed by atoms with van der Waals surface area (Å²) in [6.07, 6.45) is 6.56. The molecule has 2 aromatic rings. The molecule has 0 atom stereocenters. The topological polar surface area (TPSA) is 68.2 Å². The van der Waals surface area contributed by atoms with Gasteiger partial charge in [-0.15, -0.1) is 0 Å². The molecule has 2 N–H and O–H groups in total. The van der Waals surface area contributed by atoms with E-state index in [1.807, 2.05) is 36.5 Å². The fourth-order valence-electron chi connectivity index (χ4n) is 2.08. The fraction of sp³-hybridized carbons (Fsp3) is 0.412. The Bertz CT molecular complexity index is 584. The van der Waals surface area contributed by atoms with Crippen molar-refractivity contribution in [1.29, 1.82) is 0 Å². The molecular weight excluding hydrogens is 292 g/mol. The van der Waals surface area contributed by atoms with E-state index >= 15 is 0 Å². The van der Waals surface area contributed by atoms with Gasteiger partial charge in [0, 0.05) is 32.2 Å². The molecule has 0 spiro atoms. The van der Waals surface area contributed by atoms with E-state index in [2.05, 4.69) is 22.7 Å². The molecule has 1 aromatic heterocycles. The van der Waals surface area contributed by atoms with Crippen LogP contribution >= 0.6 is 0 Å². The number of nitrogens with zero attached hydrogens (tertiary/aromatic N) is 2. The van der Waals surface area contributed by atoms with Gasteiger partial charge in [-0.05, 0) is 31.0 Å². The Morgan fingerprint density at radius 1 is 1.22 bits per heavy atom. The van der Waals surface area contributed by atoms with Crippen LogP contribution in [-0.2, 0) is 4.74 Å². The van der Waals surface area contributed by atoms with Crippen molar-refractivity contribution in [1.82, 2.24) is 15.1 Å². The summed E-state index contributed by atoms with van der Waals surface area (Å²) in [6.45, 7) is 4.18. The molecule has 6 heteroatoms. The van der Waals surface area contributed by atoms with Crippen LogP contribution in [0.4, 0.5) is 10.5 Å². The summed E-state index contributed by atoms with van der Waals surface area (Å²) in [4.78, 5) is 12.0. The highest BCUT2D eigenvalue weighted by molar-refractivity contribution is 5.91. The normalized spacial score (nSPS) is 10.5. The van der Waals surface area contributed by atoms with Gasteiger partial charge in [0.1, 0.15) is 0 Å². The average Bonchev–Trinajstić information content (AvgIpc) is 3.09. The molecule has 0 aliphatic rings. The molecule has 23 heavy (non-hydrogen) atoms. The number of anilines is 1. The molecule has 2 rings (SSSR count). The second-order valence-corrected chi connectivity index (χ2v) is 5.17. The van der Waals surface area contributed by atoms with Crippen molar-refractivity contribution < 1.29 is 9.53 Å². The molecule has 0 fully saturated rings. The van der Waals surface area contributed by atoms with Crippen molar-refractivity contribution >= 4 is 11.7 Å². The number of hydrogen-bond acceptors (Lipinski definition) is 3. The maximum Gasteiger partial charge on any atom is 0.319 e. The van der Waals surface area contributed by atoms with E-state index in [0.717, 1.165) is 31.6 Å². The van der Waals surface area contributed by atoms with Gasteiger partial charge in [0.2, 0.25) is 0 Å². The zero-order chi connectivity index (χ0) is 16.3. The monoisotopic (exact) mass is 316 g/mol. The zero-order valence-electron chi connectivity index (χ0n) is 13.5. The summed E-state index contributed by atoms with van der Waals surface area (Å²) in [6, 6.07) is 9.17. The Morgan fingerprint density at radius 2 is 2.04 bits per heavy atom. The quantitative estimate of drug-likeness (QED) is 0.698. The third-order valence-electron chi connectivity index (χ3n) is 3.30. The number of hydrogen-bond donors (Lipinski definition) is 2. The summed E-state index contributed by atoms with van der Waals surface area (Å²) in [7, 11) is 0. The zero-order valence-corrected chi connectivity index (χ0v) is 13.5.